The molecular formula is C22H25NO3. The molecule has 0 bridgehead atoms. The van der Waals surface area contributed by atoms with E-state index >= 15 is 0 Å². The first-order valence-corrected chi connectivity index (χ1v) is 8.86. The summed E-state index contributed by atoms with van der Waals surface area (Å²) in [7, 11) is 0. The topological polar surface area (TPSA) is 73.3 Å². The number of hydrogen-bond donors (Lipinski definition) is 3. The second kappa shape index (κ2) is 6.34. The van der Waals surface area contributed by atoms with E-state index in [1.807, 2.05) is 6.07 Å². The van der Waals surface area contributed by atoms with Crippen molar-refractivity contribution in [2.24, 2.45) is 0 Å². The molecule has 0 radical (unpaired) electrons. The monoisotopic (exact) mass is 351 g/mol. The van der Waals surface area contributed by atoms with E-state index in [0.717, 1.165) is 18.4 Å². The number of carboxylic acids is 1. The molecule has 0 spiro atoms. The highest BCUT2D eigenvalue weighted by Crippen LogP contribution is 2.46. The lowest BCUT2D eigenvalue weighted by Crippen LogP contribution is -2.34. The molecule has 0 amide bonds. The maximum atomic E-state index is 10.9. The summed E-state index contributed by atoms with van der Waals surface area (Å²) in [5, 5.41) is 19.4. The van der Waals surface area contributed by atoms with Gasteiger partial charge in [-0.25, -0.2) is 4.79 Å². The number of rotatable bonds is 2. The van der Waals surface area contributed by atoms with Crippen molar-refractivity contribution in [3.8, 4) is 11.8 Å². The van der Waals surface area contributed by atoms with E-state index in [-0.39, 0.29) is 16.5 Å². The largest absolute Gasteiger partial charge is 0.477 e. The molecule has 0 saturated carbocycles. The minimum absolute atomic E-state index is 0.0744. The lowest BCUT2D eigenvalue weighted by molar-refractivity contribution is 0.0691. The number of H-pyrrole nitrogens is 1. The van der Waals surface area contributed by atoms with Crippen molar-refractivity contribution < 1.29 is 15.0 Å². The van der Waals surface area contributed by atoms with Crippen molar-refractivity contribution in [3.63, 3.8) is 0 Å². The molecule has 1 aromatic carbocycles. The number of carbonyl (C=O) groups is 1. The number of aliphatic hydroxyl groups excluding tert-OH is 1. The first-order valence-electron chi connectivity index (χ1n) is 8.86. The van der Waals surface area contributed by atoms with Crippen LogP contribution in [0.25, 0.3) is 0 Å². The van der Waals surface area contributed by atoms with Gasteiger partial charge in [-0.15, -0.1) is 0 Å². The Morgan fingerprint density at radius 2 is 1.77 bits per heavy atom. The van der Waals surface area contributed by atoms with Crippen molar-refractivity contribution in [1.82, 2.24) is 4.98 Å². The molecule has 3 N–H and O–H groups in total. The van der Waals surface area contributed by atoms with Gasteiger partial charge in [0.25, 0.3) is 0 Å². The lowest BCUT2D eigenvalue weighted by atomic mass is 9.63. The summed E-state index contributed by atoms with van der Waals surface area (Å²) in [6, 6.07) is 7.60. The van der Waals surface area contributed by atoms with E-state index in [4.69, 9.17) is 5.11 Å². The van der Waals surface area contributed by atoms with E-state index in [9.17, 15) is 9.90 Å². The number of fused-ring (bicyclic) bond motifs is 1. The van der Waals surface area contributed by atoms with Crippen molar-refractivity contribution in [1.29, 1.82) is 0 Å². The molecule has 136 valence electrons. The number of carboxylic acid groups (broad SMARTS) is 1. The Morgan fingerprint density at radius 3 is 2.38 bits per heavy atom. The summed E-state index contributed by atoms with van der Waals surface area (Å²) >= 11 is 0. The number of aromatic carboxylic acids is 1. The highest BCUT2D eigenvalue weighted by Gasteiger charge is 2.37. The van der Waals surface area contributed by atoms with Crippen molar-refractivity contribution in [2.75, 3.05) is 0 Å². The predicted octanol–water partition coefficient (Wildman–Crippen LogP) is 4.15. The summed E-state index contributed by atoms with van der Waals surface area (Å²) in [5.41, 5.74) is 4.23. The van der Waals surface area contributed by atoms with Gasteiger partial charge in [-0.05, 0) is 46.4 Å². The van der Waals surface area contributed by atoms with Crippen LogP contribution < -0.4 is 0 Å². The van der Waals surface area contributed by atoms with Crippen LogP contribution in [0.2, 0.25) is 0 Å². The zero-order valence-corrected chi connectivity index (χ0v) is 15.7. The molecular weight excluding hydrogens is 326 g/mol. The molecule has 3 rings (SSSR count). The highest BCUT2D eigenvalue weighted by molar-refractivity contribution is 5.86. The molecule has 1 atom stereocenters. The van der Waals surface area contributed by atoms with Gasteiger partial charge in [-0.2, -0.15) is 0 Å². The minimum Gasteiger partial charge on any atom is -0.477 e. The van der Waals surface area contributed by atoms with Crippen LogP contribution >= 0.6 is 0 Å². The average molecular weight is 351 g/mol. The van der Waals surface area contributed by atoms with E-state index < -0.39 is 12.1 Å². The van der Waals surface area contributed by atoms with Crippen LogP contribution in [-0.2, 0) is 10.8 Å². The van der Waals surface area contributed by atoms with E-state index in [1.165, 1.54) is 23.4 Å². The normalized spacial score (nSPS) is 18.3. The Labute approximate surface area is 154 Å². The van der Waals surface area contributed by atoms with E-state index in [1.54, 1.807) is 0 Å². The fourth-order valence-electron chi connectivity index (χ4n) is 3.60. The number of hydrogen-bond acceptors (Lipinski definition) is 2. The fourth-order valence-corrected chi connectivity index (χ4v) is 3.60. The van der Waals surface area contributed by atoms with Crippen molar-refractivity contribution >= 4 is 5.97 Å². The Hall–Kier alpha value is -2.51. The molecule has 2 aromatic rings. The summed E-state index contributed by atoms with van der Waals surface area (Å²) in [6.45, 7) is 9.03. The highest BCUT2D eigenvalue weighted by atomic mass is 16.4. The molecule has 0 fully saturated rings. The van der Waals surface area contributed by atoms with Crippen LogP contribution in [0.4, 0.5) is 0 Å². The quantitative estimate of drug-likeness (QED) is 0.712. The molecule has 0 aliphatic heterocycles. The molecule has 1 heterocycles. The van der Waals surface area contributed by atoms with Crippen molar-refractivity contribution in [2.45, 2.75) is 57.5 Å². The zero-order valence-electron chi connectivity index (χ0n) is 15.7. The van der Waals surface area contributed by atoms with Gasteiger partial charge in [0.1, 0.15) is 11.8 Å². The Kier molecular flexibility index (Phi) is 4.46. The minimum atomic E-state index is -1.03. The summed E-state index contributed by atoms with van der Waals surface area (Å²) in [5.74, 6) is 4.63. The van der Waals surface area contributed by atoms with Crippen LogP contribution in [0.3, 0.4) is 0 Å². The van der Waals surface area contributed by atoms with Gasteiger partial charge < -0.3 is 15.2 Å². The molecule has 1 unspecified atom stereocenters. The number of aromatic nitrogens is 1. The van der Waals surface area contributed by atoms with E-state index in [0.29, 0.717) is 5.56 Å². The summed E-state index contributed by atoms with van der Waals surface area (Å²) in [6.07, 6.45) is 2.87. The predicted molar refractivity (Wildman–Crippen MR) is 101 cm³/mol. The standard InChI is InChI=1S/C22H25NO3/c1-21(2)9-10-22(3,4)17-12-15(6-7-16(17)21)19(24)8-5-14-11-18(20(25)26)23-13-14/h6-7,11-13,19,23-24H,9-10H2,1-4H3,(H,25,26). The number of aromatic amines is 1. The molecule has 4 nitrogen and oxygen atoms in total. The maximum Gasteiger partial charge on any atom is 0.352 e. The Bertz CT molecular complexity index is 909. The van der Waals surface area contributed by atoms with Crippen LogP contribution in [0, 0.1) is 11.8 Å². The van der Waals surface area contributed by atoms with E-state index in [2.05, 4.69) is 56.7 Å². The zero-order chi connectivity index (χ0) is 19.1. The van der Waals surface area contributed by atoms with Crippen molar-refractivity contribution in [3.05, 3.63) is 58.4 Å². The summed E-state index contributed by atoms with van der Waals surface area (Å²) < 4.78 is 0. The third-order valence-corrected chi connectivity index (χ3v) is 5.46. The molecule has 1 aliphatic carbocycles. The molecule has 0 saturated heterocycles. The molecule has 26 heavy (non-hydrogen) atoms. The molecule has 1 aromatic heterocycles. The Balaban J connectivity index is 1.91. The Morgan fingerprint density at radius 1 is 1.12 bits per heavy atom. The van der Waals surface area contributed by atoms with Gasteiger partial charge in [0.15, 0.2) is 0 Å². The number of benzene rings is 1. The smallest absolute Gasteiger partial charge is 0.352 e. The van der Waals surface area contributed by atoms with Gasteiger partial charge in [0.05, 0.1) is 0 Å². The number of nitrogens with one attached hydrogen (secondary N) is 1. The van der Waals surface area contributed by atoms with Crippen LogP contribution in [0.1, 0.15) is 79.4 Å². The van der Waals surface area contributed by atoms with Gasteiger partial charge in [0.2, 0.25) is 0 Å². The lowest BCUT2D eigenvalue weighted by Gasteiger charge is -2.42. The first kappa shape index (κ1) is 18.3. The molecule has 1 aliphatic rings. The average Bonchev–Trinajstić information content (AvgIpc) is 3.06. The molecule has 4 heteroatoms. The van der Waals surface area contributed by atoms with Gasteiger partial charge in [-0.1, -0.05) is 57.7 Å². The maximum absolute atomic E-state index is 10.9. The third kappa shape index (κ3) is 3.40. The van der Waals surface area contributed by atoms with Crippen LogP contribution in [0.15, 0.2) is 30.5 Å². The second-order valence-corrected chi connectivity index (χ2v) is 8.35. The van der Waals surface area contributed by atoms with Crippen LogP contribution in [-0.4, -0.2) is 21.2 Å². The first-order chi connectivity index (χ1) is 12.1. The third-order valence-electron chi connectivity index (χ3n) is 5.46. The van der Waals surface area contributed by atoms with Crippen LogP contribution in [0.5, 0.6) is 0 Å². The van der Waals surface area contributed by atoms with Gasteiger partial charge in [-0.3, -0.25) is 0 Å². The SMILES string of the molecule is CC1(C)CCC(C)(C)c2cc(C(O)C#Cc3c[nH]c(C(=O)O)c3)ccc21. The number of aliphatic hydroxyl groups is 1. The second-order valence-electron chi connectivity index (χ2n) is 8.35. The fraction of sp³-hybridized carbons (Fsp3) is 0.409. The summed E-state index contributed by atoms with van der Waals surface area (Å²) in [4.78, 5) is 13.5. The van der Waals surface area contributed by atoms with Gasteiger partial charge >= 0.3 is 5.97 Å². The van der Waals surface area contributed by atoms with Gasteiger partial charge in [0, 0.05) is 11.8 Å².